The van der Waals surface area contributed by atoms with Gasteiger partial charge in [-0.2, -0.15) is 0 Å². The molecule has 1 nitrogen and oxygen atoms in total. The molecule has 0 saturated heterocycles. The maximum absolute atomic E-state index is 5.74. The van der Waals surface area contributed by atoms with Gasteiger partial charge in [0.1, 0.15) is 5.75 Å². The van der Waals surface area contributed by atoms with E-state index in [0.29, 0.717) is 0 Å². The molecular weight excluding hydrogens is 343 g/mol. The van der Waals surface area contributed by atoms with E-state index in [9.17, 15) is 0 Å². The predicted octanol–water partition coefficient (Wildman–Crippen LogP) is 3.84. The summed E-state index contributed by atoms with van der Waals surface area (Å²) in [5, 5.41) is 0. The van der Waals surface area contributed by atoms with E-state index in [0.717, 1.165) is 22.7 Å². The van der Waals surface area contributed by atoms with Gasteiger partial charge in [0.2, 0.25) is 0 Å². The summed E-state index contributed by atoms with van der Waals surface area (Å²) < 4.78 is 7.97. The Morgan fingerprint density at radius 2 is 2.23 bits per heavy atom. The van der Waals surface area contributed by atoms with Crippen LogP contribution < -0.4 is 4.74 Å². The highest BCUT2D eigenvalue weighted by Crippen LogP contribution is 2.34. The summed E-state index contributed by atoms with van der Waals surface area (Å²) in [4.78, 5) is 0. The van der Waals surface area contributed by atoms with Gasteiger partial charge in [0.05, 0.1) is 14.6 Å². The lowest BCUT2D eigenvalue weighted by Crippen LogP contribution is -2.00. The molecule has 0 unspecified atom stereocenters. The largest absolute Gasteiger partial charge is 0.491 e. The van der Waals surface area contributed by atoms with Crippen LogP contribution in [0.25, 0.3) is 0 Å². The lowest BCUT2D eigenvalue weighted by atomic mass is 10.3. The fourth-order valence-corrected chi connectivity index (χ4v) is 2.61. The number of benzene rings is 1. The Labute approximate surface area is 100 Å². The highest BCUT2D eigenvalue weighted by atomic mass is 127. The van der Waals surface area contributed by atoms with Crippen LogP contribution in [-0.4, -0.2) is 6.61 Å². The van der Waals surface area contributed by atoms with E-state index in [1.807, 2.05) is 12.1 Å². The number of hydrogen-bond donors (Lipinski definition) is 0. The molecule has 70 valence electrons. The van der Waals surface area contributed by atoms with Crippen LogP contribution in [0.15, 0.2) is 22.7 Å². The quantitative estimate of drug-likeness (QED) is 0.751. The van der Waals surface area contributed by atoms with Gasteiger partial charge in [-0.05, 0) is 69.4 Å². The Bertz CT molecular complexity index is 290. The van der Waals surface area contributed by atoms with Crippen molar-refractivity contribution in [2.75, 3.05) is 6.61 Å². The van der Waals surface area contributed by atoms with E-state index in [-0.39, 0.29) is 0 Å². The summed E-state index contributed by atoms with van der Waals surface area (Å²) in [5.74, 6) is 1.80. The lowest BCUT2D eigenvalue weighted by Gasteiger charge is -2.08. The van der Waals surface area contributed by atoms with Crippen molar-refractivity contribution in [2.45, 2.75) is 12.8 Å². The van der Waals surface area contributed by atoms with Gasteiger partial charge in [0.25, 0.3) is 0 Å². The molecule has 2 rings (SSSR count). The van der Waals surface area contributed by atoms with Gasteiger partial charge in [0.15, 0.2) is 0 Å². The standard InChI is InChI=1S/C10H10BrIO/c11-8-2-1-3-9(12)10(8)13-6-7-4-5-7/h1-3,7H,4-6H2. The van der Waals surface area contributed by atoms with Gasteiger partial charge in [-0.15, -0.1) is 0 Å². The molecule has 1 aliphatic carbocycles. The molecule has 1 saturated carbocycles. The van der Waals surface area contributed by atoms with Gasteiger partial charge in [0, 0.05) is 0 Å². The zero-order valence-electron chi connectivity index (χ0n) is 7.09. The topological polar surface area (TPSA) is 9.23 Å². The average molecular weight is 353 g/mol. The average Bonchev–Trinajstić information content (AvgIpc) is 2.87. The maximum atomic E-state index is 5.74. The van der Waals surface area contributed by atoms with Crippen LogP contribution in [0, 0.1) is 9.49 Å². The van der Waals surface area contributed by atoms with Crippen molar-refractivity contribution < 1.29 is 4.74 Å². The minimum absolute atomic E-state index is 0.808. The monoisotopic (exact) mass is 352 g/mol. The molecule has 0 N–H and O–H groups in total. The minimum atomic E-state index is 0.808. The molecule has 3 heteroatoms. The second kappa shape index (κ2) is 4.17. The third-order valence-corrected chi connectivity index (χ3v) is 3.55. The highest BCUT2D eigenvalue weighted by Gasteiger charge is 2.22. The molecule has 1 fully saturated rings. The smallest absolute Gasteiger partial charge is 0.146 e. The van der Waals surface area contributed by atoms with E-state index in [1.165, 1.54) is 16.4 Å². The van der Waals surface area contributed by atoms with E-state index in [1.54, 1.807) is 0 Å². The summed E-state index contributed by atoms with van der Waals surface area (Å²) in [5.41, 5.74) is 0. The van der Waals surface area contributed by atoms with Crippen molar-refractivity contribution in [3.05, 3.63) is 26.2 Å². The zero-order valence-corrected chi connectivity index (χ0v) is 10.8. The summed E-state index contributed by atoms with van der Waals surface area (Å²) in [6, 6.07) is 6.10. The molecule has 1 aliphatic rings. The van der Waals surface area contributed by atoms with Crippen molar-refractivity contribution in [1.29, 1.82) is 0 Å². The molecule has 0 atom stereocenters. The number of hydrogen-bond acceptors (Lipinski definition) is 1. The first-order chi connectivity index (χ1) is 6.27. The SMILES string of the molecule is Brc1cccc(I)c1OCC1CC1. The van der Waals surface area contributed by atoms with Crippen molar-refractivity contribution in [3.63, 3.8) is 0 Å². The molecule has 0 bridgehead atoms. The number of halogens is 2. The minimum Gasteiger partial charge on any atom is -0.491 e. The molecule has 0 aliphatic heterocycles. The summed E-state index contributed by atoms with van der Waals surface area (Å²) in [6.07, 6.45) is 2.67. The summed E-state index contributed by atoms with van der Waals surface area (Å²) >= 11 is 5.79. The fourth-order valence-electron chi connectivity index (χ4n) is 1.11. The Morgan fingerprint density at radius 1 is 1.46 bits per heavy atom. The lowest BCUT2D eigenvalue weighted by molar-refractivity contribution is 0.296. The highest BCUT2D eigenvalue weighted by molar-refractivity contribution is 14.1. The van der Waals surface area contributed by atoms with E-state index < -0.39 is 0 Å². The molecule has 0 aromatic heterocycles. The van der Waals surface area contributed by atoms with Crippen LogP contribution in [0.4, 0.5) is 0 Å². The van der Waals surface area contributed by atoms with Crippen LogP contribution in [0.3, 0.4) is 0 Å². The summed E-state index contributed by atoms with van der Waals surface area (Å²) in [7, 11) is 0. The van der Waals surface area contributed by atoms with Crippen LogP contribution in [-0.2, 0) is 0 Å². The Kier molecular flexibility index (Phi) is 3.14. The zero-order chi connectivity index (χ0) is 9.26. The summed E-state index contributed by atoms with van der Waals surface area (Å²) in [6.45, 7) is 0.874. The Hall–Kier alpha value is 0.230. The van der Waals surface area contributed by atoms with Crippen LogP contribution in [0.2, 0.25) is 0 Å². The predicted molar refractivity (Wildman–Crippen MR) is 65.1 cm³/mol. The first-order valence-corrected chi connectivity index (χ1v) is 6.21. The van der Waals surface area contributed by atoms with Gasteiger partial charge >= 0.3 is 0 Å². The van der Waals surface area contributed by atoms with Crippen LogP contribution in [0.1, 0.15) is 12.8 Å². The van der Waals surface area contributed by atoms with Gasteiger partial charge in [-0.25, -0.2) is 0 Å². The first kappa shape index (κ1) is 9.77. The molecule has 13 heavy (non-hydrogen) atoms. The maximum Gasteiger partial charge on any atom is 0.146 e. The number of rotatable bonds is 3. The number of para-hydroxylation sites is 1. The third kappa shape index (κ3) is 2.59. The van der Waals surface area contributed by atoms with Crippen molar-refractivity contribution in [3.8, 4) is 5.75 Å². The number of ether oxygens (including phenoxy) is 1. The Balaban J connectivity index is 2.07. The molecule has 0 radical (unpaired) electrons. The van der Waals surface area contributed by atoms with E-state index in [2.05, 4.69) is 44.6 Å². The van der Waals surface area contributed by atoms with Gasteiger partial charge in [-0.1, -0.05) is 6.07 Å². The third-order valence-electron chi connectivity index (χ3n) is 2.08. The van der Waals surface area contributed by atoms with Crippen LogP contribution >= 0.6 is 38.5 Å². The molecule has 0 spiro atoms. The molecular formula is C10H10BrIO. The normalized spacial score (nSPS) is 15.8. The van der Waals surface area contributed by atoms with Crippen molar-refractivity contribution in [1.82, 2.24) is 0 Å². The Morgan fingerprint density at radius 3 is 2.85 bits per heavy atom. The van der Waals surface area contributed by atoms with E-state index >= 15 is 0 Å². The molecule has 1 aromatic rings. The molecule has 0 heterocycles. The van der Waals surface area contributed by atoms with Gasteiger partial charge < -0.3 is 4.74 Å². The van der Waals surface area contributed by atoms with E-state index in [4.69, 9.17) is 4.74 Å². The second-order valence-corrected chi connectivity index (χ2v) is 5.32. The van der Waals surface area contributed by atoms with Crippen LogP contribution in [0.5, 0.6) is 5.75 Å². The van der Waals surface area contributed by atoms with Gasteiger partial charge in [-0.3, -0.25) is 0 Å². The first-order valence-electron chi connectivity index (χ1n) is 4.34. The second-order valence-electron chi connectivity index (χ2n) is 3.31. The van der Waals surface area contributed by atoms with Crippen molar-refractivity contribution in [2.24, 2.45) is 5.92 Å². The molecule has 0 amide bonds. The fraction of sp³-hybridized carbons (Fsp3) is 0.400. The van der Waals surface area contributed by atoms with Crippen molar-refractivity contribution >= 4 is 38.5 Å². The molecule has 1 aromatic carbocycles.